The zero-order valence-electron chi connectivity index (χ0n) is 17.3. The van der Waals surface area contributed by atoms with Crippen LogP contribution in [0.2, 0.25) is 5.02 Å². The highest BCUT2D eigenvalue weighted by Crippen LogP contribution is 2.25. The van der Waals surface area contributed by atoms with Gasteiger partial charge in [0.1, 0.15) is 12.2 Å². The first kappa shape index (κ1) is 23.5. The Morgan fingerprint density at radius 1 is 0.852 bits per heavy atom. The summed E-state index contributed by atoms with van der Waals surface area (Å²) in [5.41, 5.74) is 1.23. The van der Waals surface area contributed by atoms with Crippen molar-refractivity contribution in [3.8, 4) is 0 Å². The number of ether oxygens (including phenoxy) is 2. The van der Waals surface area contributed by atoms with Crippen molar-refractivity contribution in [1.82, 2.24) is 0 Å². The molecule has 5 heteroatoms. The lowest BCUT2D eigenvalue weighted by Crippen LogP contribution is -2.23. The van der Waals surface area contributed by atoms with Crippen LogP contribution in [0.1, 0.15) is 99.4 Å². The molecule has 1 rings (SSSR count). The predicted molar refractivity (Wildman–Crippen MR) is 110 cm³/mol. The molecule has 0 aliphatic rings. The van der Waals surface area contributed by atoms with Gasteiger partial charge in [0.05, 0.1) is 11.1 Å². The van der Waals surface area contributed by atoms with Gasteiger partial charge in [0.2, 0.25) is 0 Å². The highest BCUT2D eigenvalue weighted by atomic mass is 35.5. The molecule has 0 aliphatic heterocycles. The molecule has 152 valence electrons. The summed E-state index contributed by atoms with van der Waals surface area (Å²) in [6.45, 7) is 10.0. The minimum absolute atomic E-state index is 0.157. The number of aryl methyl sites for hydroxylation is 1. The third kappa shape index (κ3) is 6.84. The van der Waals surface area contributed by atoms with Gasteiger partial charge >= 0.3 is 11.9 Å². The van der Waals surface area contributed by atoms with Gasteiger partial charge in [0, 0.05) is 5.02 Å². The molecule has 0 bridgehead atoms. The summed E-state index contributed by atoms with van der Waals surface area (Å²) >= 11 is 6.30. The lowest BCUT2D eigenvalue weighted by molar-refractivity contribution is 0.0223. The van der Waals surface area contributed by atoms with Crippen LogP contribution in [0.25, 0.3) is 0 Å². The first-order valence-corrected chi connectivity index (χ1v) is 10.5. The number of hydrogen-bond donors (Lipinski definition) is 0. The Bertz CT molecular complexity index is 627. The molecule has 1 aromatic rings. The van der Waals surface area contributed by atoms with E-state index >= 15 is 0 Å². The molecule has 27 heavy (non-hydrogen) atoms. The van der Waals surface area contributed by atoms with Crippen LogP contribution in [0, 0.1) is 0 Å². The minimum atomic E-state index is -0.518. The summed E-state index contributed by atoms with van der Waals surface area (Å²) in [4.78, 5) is 25.6. The highest BCUT2D eigenvalue weighted by molar-refractivity contribution is 6.32. The van der Waals surface area contributed by atoms with Gasteiger partial charge in [-0.25, -0.2) is 9.59 Å². The van der Waals surface area contributed by atoms with E-state index in [0.717, 1.165) is 44.1 Å². The van der Waals surface area contributed by atoms with E-state index in [9.17, 15) is 9.59 Å². The monoisotopic (exact) mass is 396 g/mol. The number of esters is 2. The van der Waals surface area contributed by atoms with E-state index < -0.39 is 11.9 Å². The topological polar surface area (TPSA) is 52.6 Å². The number of rotatable bonds is 11. The Labute approximate surface area is 168 Å². The van der Waals surface area contributed by atoms with Crippen molar-refractivity contribution >= 4 is 23.5 Å². The SMILES string of the molecule is CCCC(CC)OC(=O)c1cc(Cl)c(CC)cc1C(=O)OC(CC)CCC. The number of hydrogen-bond acceptors (Lipinski definition) is 4. The fraction of sp³-hybridized carbons (Fsp3) is 0.636. The van der Waals surface area contributed by atoms with E-state index in [0.29, 0.717) is 11.4 Å². The maximum Gasteiger partial charge on any atom is 0.339 e. The molecule has 0 aliphatic carbocycles. The van der Waals surface area contributed by atoms with Crippen LogP contribution in [-0.2, 0) is 15.9 Å². The maximum absolute atomic E-state index is 12.8. The van der Waals surface area contributed by atoms with Crippen molar-refractivity contribution in [2.45, 2.75) is 91.8 Å². The van der Waals surface area contributed by atoms with Crippen LogP contribution < -0.4 is 0 Å². The van der Waals surface area contributed by atoms with Crippen LogP contribution in [0.5, 0.6) is 0 Å². The molecule has 0 saturated carbocycles. The van der Waals surface area contributed by atoms with Crippen molar-refractivity contribution < 1.29 is 19.1 Å². The second-order valence-electron chi connectivity index (χ2n) is 6.79. The van der Waals surface area contributed by atoms with E-state index in [2.05, 4.69) is 6.92 Å². The van der Waals surface area contributed by atoms with Gasteiger partial charge in [-0.05, 0) is 49.8 Å². The predicted octanol–water partition coefficient (Wildman–Crippen LogP) is 6.37. The lowest BCUT2D eigenvalue weighted by atomic mass is 10.0. The van der Waals surface area contributed by atoms with Gasteiger partial charge in [-0.15, -0.1) is 0 Å². The minimum Gasteiger partial charge on any atom is -0.459 e. The largest absolute Gasteiger partial charge is 0.459 e. The molecule has 1 aromatic carbocycles. The molecule has 0 heterocycles. The first-order chi connectivity index (χ1) is 12.9. The Balaban J connectivity index is 3.20. The quantitative estimate of drug-likeness (QED) is 0.407. The zero-order valence-corrected chi connectivity index (χ0v) is 18.0. The van der Waals surface area contributed by atoms with Crippen LogP contribution in [0.4, 0.5) is 0 Å². The third-order valence-corrected chi connectivity index (χ3v) is 5.04. The average Bonchev–Trinajstić information content (AvgIpc) is 2.66. The molecular weight excluding hydrogens is 364 g/mol. The Kier molecular flexibility index (Phi) is 10.5. The average molecular weight is 397 g/mol. The van der Waals surface area contributed by atoms with E-state index in [1.54, 1.807) is 12.1 Å². The smallest absolute Gasteiger partial charge is 0.339 e. The summed E-state index contributed by atoms with van der Waals surface area (Å²) in [6.07, 6.45) is 5.24. The molecule has 0 radical (unpaired) electrons. The van der Waals surface area contributed by atoms with Crippen molar-refractivity contribution in [1.29, 1.82) is 0 Å². The summed E-state index contributed by atoms with van der Waals surface area (Å²) < 4.78 is 11.3. The van der Waals surface area contributed by atoms with Gasteiger partial charge in [0.15, 0.2) is 0 Å². The molecule has 2 unspecified atom stereocenters. The van der Waals surface area contributed by atoms with Gasteiger partial charge in [-0.3, -0.25) is 0 Å². The molecule has 0 amide bonds. The Hall–Kier alpha value is -1.55. The van der Waals surface area contributed by atoms with E-state index in [4.69, 9.17) is 21.1 Å². The lowest BCUT2D eigenvalue weighted by Gasteiger charge is -2.19. The number of halogens is 1. The normalized spacial score (nSPS) is 13.1. The third-order valence-electron chi connectivity index (χ3n) is 4.69. The van der Waals surface area contributed by atoms with Gasteiger partial charge in [-0.1, -0.05) is 59.1 Å². The summed E-state index contributed by atoms with van der Waals surface area (Å²) in [5, 5.41) is 0.463. The van der Waals surface area contributed by atoms with E-state index in [1.807, 2.05) is 27.7 Å². The zero-order chi connectivity index (χ0) is 20.4. The first-order valence-electron chi connectivity index (χ1n) is 10.2. The molecule has 0 N–H and O–H groups in total. The maximum atomic E-state index is 12.8. The van der Waals surface area contributed by atoms with Crippen LogP contribution in [-0.4, -0.2) is 24.1 Å². The van der Waals surface area contributed by atoms with Gasteiger partial charge in [0.25, 0.3) is 0 Å². The van der Waals surface area contributed by atoms with Gasteiger partial charge < -0.3 is 9.47 Å². The fourth-order valence-electron chi connectivity index (χ4n) is 2.99. The summed E-state index contributed by atoms with van der Waals surface area (Å²) in [6, 6.07) is 3.21. The molecular formula is C22H33ClO4. The Morgan fingerprint density at radius 2 is 1.30 bits per heavy atom. The molecule has 2 atom stereocenters. The van der Waals surface area contributed by atoms with Crippen molar-refractivity contribution in [3.05, 3.63) is 33.8 Å². The Morgan fingerprint density at radius 3 is 1.67 bits per heavy atom. The molecule has 0 spiro atoms. The number of carbonyl (C=O) groups excluding carboxylic acids is 2. The van der Waals surface area contributed by atoms with Crippen molar-refractivity contribution in [2.75, 3.05) is 0 Å². The van der Waals surface area contributed by atoms with Crippen LogP contribution in [0.15, 0.2) is 12.1 Å². The van der Waals surface area contributed by atoms with Crippen molar-refractivity contribution in [3.63, 3.8) is 0 Å². The molecule has 0 aromatic heterocycles. The molecule has 0 fully saturated rings. The number of carbonyl (C=O) groups is 2. The summed E-state index contributed by atoms with van der Waals surface area (Å²) in [7, 11) is 0. The number of benzene rings is 1. The van der Waals surface area contributed by atoms with Crippen LogP contribution >= 0.6 is 11.6 Å². The highest BCUT2D eigenvalue weighted by Gasteiger charge is 2.25. The van der Waals surface area contributed by atoms with Crippen molar-refractivity contribution in [2.24, 2.45) is 0 Å². The summed E-state index contributed by atoms with van der Waals surface area (Å²) in [5.74, 6) is -1.01. The van der Waals surface area contributed by atoms with E-state index in [1.165, 1.54) is 0 Å². The van der Waals surface area contributed by atoms with Gasteiger partial charge in [-0.2, -0.15) is 0 Å². The second kappa shape index (κ2) is 12.0. The second-order valence-corrected chi connectivity index (χ2v) is 7.20. The molecule has 0 saturated heterocycles. The standard InChI is InChI=1S/C22H33ClO4/c1-6-11-16(9-4)26-21(24)18-13-15(8-3)20(23)14-19(18)22(25)27-17(10-5)12-7-2/h13-14,16-17H,6-12H2,1-5H3. The fourth-order valence-corrected chi connectivity index (χ4v) is 3.29. The van der Waals surface area contributed by atoms with Crippen LogP contribution in [0.3, 0.4) is 0 Å². The molecule has 4 nitrogen and oxygen atoms in total. The van der Waals surface area contributed by atoms with E-state index in [-0.39, 0.29) is 23.3 Å².